The van der Waals surface area contributed by atoms with Crippen LogP contribution < -0.4 is 9.64 Å². The third kappa shape index (κ3) is 3.76. The first-order chi connectivity index (χ1) is 14.6. The molecule has 1 heterocycles. The van der Waals surface area contributed by atoms with Crippen LogP contribution in [-0.2, 0) is 15.3 Å². The van der Waals surface area contributed by atoms with E-state index in [1.165, 1.54) is 23.8 Å². The molecule has 0 unspecified atom stereocenters. The zero-order chi connectivity index (χ0) is 21.1. The Kier molecular flexibility index (Phi) is 5.72. The molecule has 1 aliphatic rings. The highest BCUT2D eigenvalue weighted by atomic mass is 32.2. The molecule has 0 N–H and O–H groups in total. The molecule has 2 amide bonds. The third-order valence-corrected chi connectivity index (χ3v) is 6.05. The summed E-state index contributed by atoms with van der Waals surface area (Å²) in [7, 11) is 1.54. The minimum Gasteiger partial charge on any atom is -0.495 e. The van der Waals surface area contributed by atoms with Crippen molar-refractivity contribution in [1.82, 2.24) is 0 Å². The van der Waals surface area contributed by atoms with Crippen LogP contribution >= 0.6 is 11.8 Å². The molecule has 0 aromatic heterocycles. The molecule has 0 bridgehead atoms. The zero-order valence-electron chi connectivity index (χ0n) is 16.8. The number of methoxy groups -OCH3 is 1. The van der Waals surface area contributed by atoms with E-state index in [0.717, 1.165) is 16.7 Å². The standard InChI is InChI=1S/C25H21NO3S/c1-17-13-14-21(29-2)20(15-17)26-24(27)22(19-11-7-4-8-12-19)23(25(26)28)30-16-18-9-5-3-6-10-18/h3-15H,16H2,1-2H3. The smallest absolute Gasteiger partial charge is 0.272 e. The summed E-state index contributed by atoms with van der Waals surface area (Å²) in [6.45, 7) is 1.92. The minimum atomic E-state index is -0.328. The molecule has 1 aliphatic heterocycles. The normalized spacial score (nSPS) is 13.9. The predicted octanol–water partition coefficient (Wildman–Crippen LogP) is 5.22. The molecule has 0 fully saturated rings. The second kappa shape index (κ2) is 8.59. The Balaban J connectivity index is 1.77. The number of carbonyl (C=O) groups excluding carboxylic acids is 2. The van der Waals surface area contributed by atoms with E-state index in [1.807, 2.05) is 79.7 Å². The van der Waals surface area contributed by atoms with Gasteiger partial charge < -0.3 is 4.74 Å². The van der Waals surface area contributed by atoms with Gasteiger partial charge in [0, 0.05) is 5.75 Å². The lowest BCUT2D eigenvalue weighted by molar-refractivity contribution is -0.119. The molecular weight excluding hydrogens is 394 g/mol. The number of nitrogens with zero attached hydrogens (tertiary/aromatic N) is 1. The molecule has 0 atom stereocenters. The summed E-state index contributed by atoms with van der Waals surface area (Å²) in [5.74, 6) is 0.447. The summed E-state index contributed by atoms with van der Waals surface area (Å²) in [6, 6.07) is 24.8. The molecular formula is C25H21NO3S. The van der Waals surface area contributed by atoms with E-state index in [4.69, 9.17) is 4.74 Å². The number of amides is 2. The van der Waals surface area contributed by atoms with Crippen LogP contribution in [0.5, 0.6) is 5.75 Å². The fraction of sp³-hybridized carbons (Fsp3) is 0.120. The van der Waals surface area contributed by atoms with Gasteiger partial charge >= 0.3 is 0 Å². The Morgan fingerprint density at radius 2 is 1.53 bits per heavy atom. The van der Waals surface area contributed by atoms with Crippen LogP contribution in [0.4, 0.5) is 5.69 Å². The van der Waals surface area contributed by atoms with Crippen molar-refractivity contribution in [3.63, 3.8) is 0 Å². The maximum absolute atomic E-state index is 13.5. The van der Waals surface area contributed by atoms with Gasteiger partial charge in [-0.15, -0.1) is 11.8 Å². The van der Waals surface area contributed by atoms with Gasteiger partial charge in [0.05, 0.1) is 23.3 Å². The number of aryl methyl sites for hydroxylation is 1. The first-order valence-electron chi connectivity index (χ1n) is 9.60. The van der Waals surface area contributed by atoms with Gasteiger partial charge in [-0.25, -0.2) is 4.90 Å². The van der Waals surface area contributed by atoms with Crippen molar-refractivity contribution in [3.8, 4) is 5.75 Å². The number of hydrogen-bond acceptors (Lipinski definition) is 4. The number of rotatable bonds is 6. The van der Waals surface area contributed by atoms with Gasteiger partial charge in [-0.2, -0.15) is 0 Å². The molecule has 4 rings (SSSR count). The van der Waals surface area contributed by atoms with Crippen molar-refractivity contribution >= 4 is 34.8 Å². The van der Waals surface area contributed by atoms with Crippen molar-refractivity contribution in [3.05, 3.63) is 100 Å². The number of ether oxygens (including phenoxy) is 1. The van der Waals surface area contributed by atoms with Crippen LogP contribution in [0.3, 0.4) is 0 Å². The van der Waals surface area contributed by atoms with E-state index < -0.39 is 0 Å². The van der Waals surface area contributed by atoms with Crippen LogP contribution in [0, 0.1) is 6.92 Å². The van der Waals surface area contributed by atoms with Gasteiger partial charge in [-0.1, -0.05) is 66.7 Å². The Hall–Kier alpha value is -3.31. The average molecular weight is 416 g/mol. The van der Waals surface area contributed by atoms with Gasteiger partial charge in [0.1, 0.15) is 5.75 Å². The molecule has 5 heteroatoms. The summed E-state index contributed by atoms with van der Waals surface area (Å²) < 4.78 is 5.44. The van der Waals surface area contributed by atoms with E-state index in [-0.39, 0.29) is 11.8 Å². The SMILES string of the molecule is COc1ccc(C)cc1N1C(=O)C(SCc2ccccc2)=C(c2ccccc2)C1=O. The van der Waals surface area contributed by atoms with Crippen molar-refractivity contribution < 1.29 is 14.3 Å². The first kappa shape index (κ1) is 20.0. The van der Waals surface area contributed by atoms with Gasteiger partial charge in [0.2, 0.25) is 0 Å². The lowest BCUT2D eigenvalue weighted by atomic mass is 10.1. The van der Waals surface area contributed by atoms with E-state index in [9.17, 15) is 9.59 Å². The molecule has 0 radical (unpaired) electrons. The number of carbonyl (C=O) groups is 2. The second-order valence-corrected chi connectivity index (χ2v) is 7.95. The Morgan fingerprint density at radius 1 is 0.867 bits per heavy atom. The highest BCUT2D eigenvalue weighted by Gasteiger charge is 2.41. The minimum absolute atomic E-state index is 0.316. The number of thioether (sulfide) groups is 1. The fourth-order valence-corrected chi connectivity index (χ4v) is 4.49. The lowest BCUT2D eigenvalue weighted by Gasteiger charge is -2.19. The van der Waals surface area contributed by atoms with Gasteiger partial charge in [0.25, 0.3) is 11.8 Å². The van der Waals surface area contributed by atoms with E-state index in [0.29, 0.717) is 27.7 Å². The maximum atomic E-state index is 13.5. The molecule has 3 aromatic carbocycles. The van der Waals surface area contributed by atoms with Crippen molar-refractivity contribution in [1.29, 1.82) is 0 Å². The summed E-state index contributed by atoms with van der Waals surface area (Å²) in [5, 5.41) is 0. The lowest BCUT2D eigenvalue weighted by Crippen LogP contribution is -2.31. The molecule has 0 aliphatic carbocycles. The van der Waals surface area contributed by atoms with E-state index in [1.54, 1.807) is 6.07 Å². The monoisotopic (exact) mass is 415 g/mol. The predicted molar refractivity (Wildman–Crippen MR) is 121 cm³/mol. The molecule has 3 aromatic rings. The number of benzene rings is 3. The first-order valence-corrected chi connectivity index (χ1v) is 10.6. The van der Waals surface area contributed by atoms with Gasteiger partial charge in [-0.3, -0.25) is 9.59 Å². The fourth-order valence-electron chi connectivity index (χ4n) is 3.43. The summed E-state index contributed by atoms with van der Waals surface area (Å²) in [5.41, 5.74) is 3.68. The number of anilines is 1. The Morgan fingerprint density at radius 3 is 2.20 bits per heavy atom. The molecule has 30 heavy (non-hydrogen) atoms. The largest absolute Gasteiger partial charge is 0.495 e. The maximum Gasteiger partial charge on any atom is 0.272 e. The molecule has 150 valence electrons. The number of imide groups is 1. The van der Waals surface area contributed by atoms with Crippen LogP contribution in [0.25, 0.3) is 5.57 Å². The molecule has 0 spiro atoms. The average Bonchev–Trinajstić information content (AvgIpc) is 3.02. The summed E-state index contributed by atoms with van der Waals surface area (Å²) in [6.07, 6.45) is 0. The highest BCUT2D eigenvalue weighted by molar-refractivity contribution is 8.03. The highest BCUT2D eigenvalue weighted by Crippen LogP contribution is 2.42. The zero-order valence-corrected chi connectivity index (χ0v) is 17.6. The summed E-state index contributed by atoms with van der Waals surface area (Å²) in [4.78, 5) is 28.7. The Bertz CT molecular complexity index is 1120. The third-order valence-electron chi connectivity index (χ3n) is 4.91. The quantitative estimate of drug-likeness (QED) is 0.518. The van der Waals surface area contributed by atoms with Crippen molar-refractivity contribution in [2.75, 3.05) is 12.0 Å². The van der Waals surface area contributed by atoms with Crippen molar-refractivity contribution in [2.45, 2.75) is 12.7 Å². The Labute approximate surface area is 180 Å². The van der Waals surface area contributed by atoms with Gasteiger partial charge in [-0.05, 0) is 35.7 Å². The van der Waals surface area contributed by atoms with Crippen molar-refractivity contribution in [2.24, 2.45) is 0 Å². The van der Waals surface area contributed by atoms with Crippen LogP contribution in [0.15, 0.2) is 83.8 Å². The molecule has 0 saturated carbocycles. The molecule has 4 nitrogen and oxygen atoms in total. The van der Waals surface area contributed by atoms with E-state index in [2.05, 4.69) is 0 Å². The van der Waals surface area contributed by atoms with Crippen LogP contribution in [0.2, 0.25) is 0 Å². The topological polar surface area (TPSA) is 46.6 Å². The second-order valence-electron chi connectivity index (χ2n) is 6.97. The van der Waals surface area contributed by atoms with E-state index >= 15 is 0 Å². The van der Waals surface area contributed by atoms with Crippen LogP contribution in [0.1, 0.15) is 16.7 Å². The van der Waals surface area contributed by atoms with Crippen LogP contribution in [-0.4, -0.2) is 18.9 Å². The summed E-state index contributed by atoms with van der Waals surface area (Å²) >= 11 is 1.39. The van der Waals surface area contributed by atoms with Gasteiger partial charge in [0.15, 0.2) is 0 Å². The number of hydrogen-bond donors (Lipinski definition) is 0. The molecule has 0 saturated heterocycles.